The Hall–Kier alpha value is -0.520. The second-order valence-electron chi connectivity index (χ2n) is 3.57. The molecule has 1 aliphatic rings. The van der Waals surface area contributed by atoms with Crippen LogP contribution in [0.1, 0.15) is 33.6 Å². The van der Waals surface area contributed by atoms with Crippen molar-refractivity contribution in [2.45, 2.75) is 51.4 Å². The minimum atomic E-state index is -0.814. The molecule has 68 valence electrons. The van der Waals surface area contributed by atoms with Crippen LogP contribution in [-0.2, 0) is 4.74 Å². The fourth-order valence-corrected chi connectivity index (χ4v) is 1.86. The van der Waals surface area contributed by atoms with Crippen molar-refractivity contribution >= 4 is 0 Å². The van der Waals surface area contributed by atoms with Gasteiger partial charge in [-0.1, -0.05) is 5.92 Å². The van der Waals surface area contributed by atoms with E-state index in [1.54, 1.807) is 6.92 Å². The van der Waals surface area contributed by atoms with Gasteiger partial charge in [-0.05, 0) is 20.8 Å². The molecule has 0 aromatic rings. The van der Waals surface area contributed by atoms with Crippen LogP contribution >= 0.6 is 0 Å². The van der Waals surface area contributed by atoms with Gasteiger partial charge in [-0.2, -0.15) is 0 Å². The highest BCUT2D eigenvalue weighted by Gasteiger charge is 2.34. The number of aliphatic hydroxyl groups is 1. The zero-order valence-corrected chi connectivity index (χ0v) is 7.92. The normalized spacial score (nSPS) is 41.7. The molecule has 0 aliphatic carbocycles. The van der Waals surface area contributed by atoms with Crippen LogP contribution in [0.4, 0.5) is 0 Å². The summed E-state index contributed by atoms with van der Waals surface area (Å²) in [5.41, 5.74) is -0.814. The van der Waals surface area contributed by atoms with Crippen molar-refractivity contribution in [1.82, 2.24) is 0 Å². The van der Waals surface area contributed by atoms with Crippen LogP contribution in [0.5, 0.6) is 0 Å². The molecule has 1 rings (SSSR count). The number of hydrogen-bond donors (Lipinski definition) is 1. The van der Waals surface area contributed by atoms with E-state index < -0.39 is 5.60 Å². The highest BCUT2D eigenvalue weighted by Crippen LogP contribution is 2.27. The van der Waals surface area contributed by atoms with Gasteiger partial charge in [0.25, 0.3) is 0 Å². The molecule has 0 amide bonds. The third kappa shape index (κ3) is 2.23. The second kappa shape index (κ2) is 3.47. The Kier molecular flexibility index (Phi) is 2.76. The average Bonchev–Trinajstić information content (AvgIpc) is 1.82. The molecule has 2 nitrogen and oxygen atoms in total. The van der Waals surface area contributed by atoms with Crippen LogP contribution in [-0.4, -0.2) is 22.9 Å². The summed E-state index contributed by atoms with van der Waals surface area (Å²) < 4.78 is 5.50. The van der Waals surface area contributed by atoms with Crippen molar-refractivity contribution in [2.24, 2.45) is 0 Å². The minimum absolute atomic E-state index is 0.111. The van der Waals surface area contributed by atoms with Crippen LogP contribution in [0, 0.1) is 11.8 Å². The molecule has 1 saturated heterocycles. The highest BCUT2D eigenvalue weighted by molar-refractivity contribution is 5.14. The van der Waals surface area contributed by atoms with E-state index in [4.69, 9.17) is 4.74 Å². The molecule has 0 spiro atoms. The van der Waals surface area contributed by atoms with Crippen molar-refractivity contribution < 1.29 is 9.84 Å². The summed E-state index contributed by atoms with van der Waals surface area (Å²) in [6, 6.07) is 0. The Morgan fingerprint density at radius 3 is 2.25 bits per heavy atom. The van der Waals surface area contributed by atoms with Gasteiger partial charge in [-0.25, -0.2) is 0 Å². The minimum Gasteiger partial charge on any atom is -0.377 e. The summed E-state index contributed by atoms with van der Waals surface area (Å²) in [7, 11) is 0. The number of rotatable bonds is 0. The highest BCUT2D eigenvalue weighted by atomic mass is 16.5. The molecule has 2 atom stereocenters. The topological polar surface area (TPSA) is 29.5 Å². The van der Waals surface area contributed by atoms with Gasteiger partial charge in [0.15, 0.2) is 0 Å². The quantitative estimate of drug-likeness (QED) is 0.553. The van der Waals surface area contributed by atoms with Crippen molar-refractivity contribution in [3.63, 3.8) is 0 Å². The molecule has 12 heavy (non-hydrogen) atoms. The maximum atomic E-state index is 9.96. The zero-order valence-electron chi connectivity index (χ0n) is 7.92. The van der Waals surface area contributed by atoms with Crippen molar-refractivity contribution in [2.75, 3.05) is 0 Å². The lowest BCUT2D eigenvalue weighted by molar-refractivity contribution is -0.106. The summed E-state index contributed by atoms with van der Waals surface area (Å²) in [6.07, 6.45) is 1.47. The van der Waals surface area contributed by atoms with Crippen molar-refractivity contribution in [3.05, 3.63) is 0 Å². The Bertz CT molecular complexity index is 202. The van der Waals surface area contributed by atoms with Crippen LogP contribution < -0.4 is 0 Å². The lowest BCUT2D eigenvalue weighted by Gasteiger charge is -2.35. The van der Waals surface area contributed by atoms with E-state index >= 15 is 0 Å². The SMILES string of the molecule is CC#CC1(O)CC(C)OC(C)C1. The van der Waals surface area contributed by atoms with Crippen LogP contribution in [0.15, 0.2) is 0 Å². The molecule has 0 bridgehead atoms. The second-order valence-corrected chi connectivity index (χ2v) is 3.57. The van der Waals surface area contributed by atoms with Crippen molar-refractivity contribution in [3.8, 4) is 11.8 Å². The van der Waals surface area contributed by atoms with Gasteiger partial charge in [0.1, 0.15) is 5.60 Å². The lowest BCUT2D eigenvalue weighted by atomic mass is 9.88. The molecule has 1 fully saturated rings. The van der Waals surface area contributed by atoms with Gasteiger partial charge in [0.2, 0.25) is 0 Å². The maximum absolute atomic E-state index is 9.96. The monoisotopic (exact) mass is 168 g/mol. The molecule has 0 saturated carbocycles. The van der Waals surface area contributed by atoms with Gasteiger partial charge < -0.3 is 9.84 Å². The molecule has 1 aliphatic heterocycles. The Balaban J connectivity index is 2.69. The molecule has 0 aromatic heterocycles. The van der Waals surface area contributed by atoms with Gasteiger partial charge in [0.05, 0.1) is 12.2 Å². The summed E-state index contributed by atoms with van der Waals surface area (Å²) in [5, 5.41) is 9.96. The van der Waals surface area contributed by atoms with E-state index in [1.165, 1.54) is 0 Å². The summed E-state index contributed by atoms with van der Waals surface area (Å²) in [6.45, 7) is 5.69. The zero-order chi connectivity index (χ0) is 9.19. The van der Waals surface area contributed by atoms with Gasteiger partial charge >= 0.3 is 0 Å². The molecule has 0 aromatic carbocycles. The van der Waals surface area contributed by atoms with Crippen molar-refractivity contribution in [1.29, 1.82) is 0 Å². The third-order valence-electron chi connectivity index (χ3n) is 2.07. The first-order valence-corrected chi connectivity index (χ1v) is 4.37. The Morgan fingerprint density at radius 2 is 1.83 bits per heavy atom. The average molecular weight is 168 g/mol. The van der Waals surface area contributed by atoms with Gasteiger partial charge in [-0.3, -0.25) is 0 Å². The maximum Gasteiger partial charge on any atom is 0.130 e. The number of hydrogen-bond acceptors (Lipinski definition) is 2. The Labute approximate surface area is 73.9 Å². The summed E-state index contributed by atoms with van der Waals surface area (Å²) in [4.78, 5) is 0. The van der Waals surface area contributed by atoms with Crippen LogP contribution in [0.3, 0.4) is 0 Å². The third-order valence-corrected chi connectivity index (χ3v) is 2.07. The van der Waals surface area contributed by atoms with E-state index in [-0.39, 0.29) is 12.2 Å². The smallest absolute Gasteiger partial charge is 0.130 e. The number of ether oxygens (including phenoxy) is 1. The summed E-state index contributed by atoms with van der Waals surface area (Å²) in [5.74, 6) is 5.61. The first kappa shape index (κ1) is 9.57. The fourth-order valence-electron chi connectivity index (χ4n) is 1.86. The van der Waals surface area contributed by atoms with E-state index in [9.17, 15) is 5.11 Å². The molecule has 2 unspecified atom stereocenters. The van der Waals surface area contributed by atoms with Gasteiger partial charge in [-0.15, -0.1) is 5.92 Å². The first-order valence-electron chi connectivity index (χ1n) is 4.37. The van der Waals surface area contributed by atoms with Crippen LogP contribution in [0.2, 0.25) is 0 Å². The molecular formula is C10H16O2. The molecule has 2 heteroatoms. The van der Waals surface area contributed by atoms with Crippen LogP contribution in [0.25, 0.3) is 0 Å². The standard InChI is InChI=1S/C10H16O2/c1-4-5-10(11)6-8(2)12-9(3)7-10/h8-9,11H,6-7H2,1-3H3. The van der Waals surface area contributed by atoms with E-state index in [0.29, 0.717) is 12.8 Å². The van der Waals surface area contributed by atoms with E-state index in [2.05, 4.69) is 11.8 Å². The lowest BCUT2D eigenvalue weighted by Crippen LogP contribution is -2.42. The first-order chi connectivity index (χ1) is 5.56. The molecule has 0 radical (unpaired) electrons. The predicted molar refractivity (Wildman–Crippen MR) is 47.6 cm³/mol. The molecule has 1 N–H and O–H groups in total. The fraction of sp³-hybridized carbons (Fsp3) is 0.800. The summed E-state index contributed by atoms with van der Waals surface area (Å²) >= 11 is 0. The van der Waals surface area contributed by atoms with Gasteiger partial charge in [0, 0.05) is 12.8 Å². The largest absolute Gasteiger partial charge is 0.377 e. The Morgan fingerprint density at radius 1 is 1.33 bits per heavy atom. The van der Waals surface area contributed by atoms with E-state index in [0.717, 1.165) is 0 Å². The molecular weight excluding hydrogens is 152 g/mol. The molecule has 1 heterocycles. The predicted octanol–water partition coefficient (Wildman–Crippen LogP) is 1.33. The van der Waals surface area contributed by atoms with E-state index in [1.807, 2.05) is 13.8 Å².